The number of hydrogen-bond acceptors (Lipinski definition) is 7. The predicted molar refractivity (Wildman–Crippen MR) is 124 cm³/mol. The zero-order valence-electron chi connectivity index (χ0n) is 16.4. The van der Waals surface area contributed by atoms with Gasteiger partial charge in [-0.3, -0.25) is 0 Å². The van der Waals surface area contributed by atoms with Crippen LogP contribution in [0.2, 0.25) is 5.02 Å². The van der Waals surface area contributed by atoms with Crippen LogP contribution in [0.25, 0.3) is 22.2 Å². The highest BCUT2D eigenvalue weighted by atomic mass is 35.5. The normalized spacial score (nSPS) is 12.2. The Balaban J connectivity index is 1.54. The Labute approximate surface area is 197 Å². The summed E-state index contributed by atoms with van der Waals surface area (Å²) in [5.41, 5.74) is 1.21. The fraction of sp³-hybridized carbons (Fsp3) is 0.0909. The van der Waals surface area contributed by atoms with Crippen molar-refractivity contribution in [2.24, 2.45) is 0 Å². The van der Waals surface area contributed by atoms with Crippen LogP contribution in [-0.4, -0.2) is 24.9 Å². The number of halogens is 2. The Morgan fingerprint density at radius 1 is 1.09 bits per heavy atom. The maximum absolute atomic E-state index is 14.4. The molecule has 0 aliphatic carbocycles. The first-order chi connectivity index (χ1) is 15.6. The van der Waals surface area contributed by atoms with Gasteiger partial charge in [0.2, 0.25) is 0 Å². The lowest BCUT2D eigenvalue weighted by molar-refractivity contribution is 0.423. The van der Waals surface area contributed by atoms with Crippen LogP contribution in [0.15, 0.2) is 70.6 Å². The summed E-state index contributed by atoms with van der Waals surface area (Å²) in [5.74, 6) is 1.44. The van der Waals surface area contributed by atoms with E-state index in [1.807, 2.05) is 28.1 Å². The smallest absolute Gasteiger partial charge is 0.258 e. The third-order valence-corrected chi connectivity index (χ3v) is 6.37. The summed E-state index contributed by atoms with van der Waals surface area (Å²) >= 11 is 12.3. The summed E-state index contributed by atoms with van der Waals surface area (Å²) in [6.07, 6.45) is 0. The van der Waals surface area contributed by atoms with Gasteiger partial charge >= 0.3 is 0 Å². The first kappa shape index (κ1) is 20.9. The zero-order valence-corrected chi connectivity index (χ0v) is 18.9. The predicted octanol–water partition coefficient (Wildman–Crippen LogP) is 5.92. The molecular weight excluding hydrogens is 469 g/mol. The molecule has 0 amide bonds. The molecule has 0 radical (unpaired) electrons. The minimum atomic E-state index is -0.639. The summed E-state index contributed by atoms with van der Waals surface area (Å²) in [7, 11) is 0. The second-order valence-corrected chi connectivity index (χ2v) is 8.81. The van der Waals surface area contributed by atoms with Crippen LogP contribution in [0.3, 0.4) is 0 Å². The van der Waals surface area contributed by atoms with Gasteiger partial charge in [0.15, 0.2) is 17.5 Å². The van der Waals surface area contributed by atoms with Gasteiger partial charge in [-0.2, -0.15) is 17.6 Å². The zero-order chi connectivity index (χ0) is 22.1. The average Bonchev–Trinajstić information content (AvgIpc) is 3.55. The quantitative estimate of drug-likeness (QED) is 0.304. The van der Waals surface area contributed by atoms with E-state index < -0.39 is 5.25 Å². The summed E-state index contributed by atoms with van der Waals surface area (Å²) < 4.78 is 21.7. The average molecular weight is 484 g/mol. The van der Waals surface area contributed by atoms with E-state index in [1.165, 1.54) is 17.4 Å². The van der Waals surface area contributed by atoms with Crippen LogP contribution < -0.4 is 0 Å². The molecule has 1 atom stereocenters. The topological polar surface area (TPSA) is 69.6 Å². The standard InChI is InChI=1S/C22H15ClFN5OS2/c23-15-7-3-6-13(11-15)22-25-19(28-30-22)18(31)21-27-26-20(17-9-4-10-32-17)29(21)12-14-5-1-2-8-16(14)24/h1-11,18,31H,12H2. The highest BCUT2D eigenvalue weighted by Crippen LogP contribution is 2.32. The minimum absolute atomic E-state index is 0.234. The van der Waals surface area contributed by atoms with Gasteiger partial charge in [-0.25, -0.2) is 4.39 Å². The van der Waals surface area contributed by atoms with E-state index in [-0.39, 0.29) is 12.4 Å². The van der Waals surface area contributed by atoms with E-state index in [9.17, 15) is 4.39 Å². The lowest BCUT2D eigenvalue weighted by Crippen LogP contribution is -2.11. The van der Waals surface area contributed by atoms with Crippen molar-refractivity contribution in [2.75, 3.05) is 0 Å². The molecule has 160 valence electrons. The SMILES string of the molecule is Fc1ccccc1Cn1c(-c2cccs2)nnc1C(S)c1noc(-c2cccc(Cl)c2)n1. The molecular formula is C22H15ClFN5OS2. The lowest BCUT2D eigenvalue weighted by atomic mass is 10.2. The van der Waals surface area contributed by atoms with Crippen LogP contribution in [0, 0.1) is 5.82 Å². The molecule has 10 heteroatoms. The number of rotatable bonds is 6. The monoisotopic (exact) mass is 483 g/mol. The minimum Gasteiger partial charge on any atom is -0.334 e. The van der Waals surface area contributed by atoms with Crippen molar-refractivity contribution < 1.29 is 8.91 Å². The van der Waals surface area contributed by atoms with Crippen molar-refractivity contribution in [1.82, 2.24) is 24.9 Å². The van der Waals surface area contributed by atoms with E-state index in [1.54, 1.807) is 36.4 Å². The van der Waals surface area contributed by atoms with E-state index in [0.29, 0.717) is 39.5 Å². The maximum Gasteiger partial charge on any atom is 0.258 e. The van der Waals surface area contributed by atoms with Crippen molar-refractivity contribution in [2.45, 2.75) is 11.8 Å². The van der Waals surface area contributed by atoms with Gasteiger partial charge in [0.05, 0.1) is 11.4 Å². The van der Waals surface area contributed by atoms with Crippen LogP contribution in [0.4, 0.5) is 4.39 Å². The van der Waals surface area contributed by atoms with Gasteiger partial charge in [-0.15, -0.1) is 21.5 Å². The number of aromatic nitrogens is 5. The van der Waals surface area contributed by atoms with E-state index in [2.05, 4.69) is 20.3 Å². The highest BCUT2D eigenvalue weighted by Gasteiger charge is 2.26. The first-order valence-corrected chi connectivity index (χ1v) is 11.4. The van der Waals surface area contributed by atoms with E-state index in [4.69, 9.17) is 28.8 Å². The summed E-state index contributed by atoms with van der Waals surface area (Å²) in [4.78, 5) is 5.38. The summed E-state index contributed by atoms with van der Waals surface area (Å²) in [6.45, 7) is 0.234. The van der Waals surface area contributed by atoms with Crippen LogP contribution in [0.1, 0.15) is 22.5 Å². The third-order valence-electron chi connectivity index (χ3n) is 4.81. The molecule has 32 heavy (non-hydrogen) atoms. The molecule has 0 aliphatic rings. The number of nitrogens with zero attached hydrogens (tertiary/aromatic N) is 5. The van der Waals surface area contributed by atoms with Gasteiger partial charge in [-0.1, -0.05) is 47.1 Å². The molecule has 0 fully saturated rings. The Kier molecular flexibility index (Phi) is 5.77. The molecule has 5 aromatic rings. The van der Waals surface area contributed by atoms with Gasteiger partial charge in [-0.05, 0) is 35.7 Å². The molecule has 0 saturated heterocycles. The molecule has 0 N–H and O–H groups in total. The van der Waals surface area contributed by atoms with Crippen molar-refractivity contribution in [1.29, 1.82) is 0 Å². The molecule has 0 saturated carbocycles. The molecule has 6 nitrogen and oxygen atoms in total. The molecule has 3 heterocycles. The highest BCUT2D eigenvalue weighted by molar-refractivity contribution is 7.80. The number of benzene rings is 2. The molecule has 0 aliphatic heterocycles. The van der Waals surface area contributed by atoms with E-state index >= 15 is 0 Å². The number of thiophene rings is 1. The van der Waals surface area contributed by atoms with Crippen molar-refractivity contribution in [3.63, 3.8) is 0 Å². The summed E-state index contributed by atoms with van der Waals surface area (Å²) in [5, 5.41) is 14.7. The molecule has 0 bridgehead atoms. The summed E-state index contributed by atoms with van der Waals surface area (Å²) in [6, 6.07) is 17.6. The Morgan fingerprint density at radius 2 is 1.97 bits per heavy atom. The van der Waals surface area contributed by atoms with Gasteiger partial charge < -0.3 is 9.09 Å². The molecule has 0 spiro atoms. The Bertz CT molecular complexity index is 1370. The molecule has 2 aromatic carbocycles. The second kappa shape index (κ2) is 8.85. The van der Waals surface area contributed by atoms with Gasteiger partial charge in [0.1, 0.15) is 11.1 Å². The Morgan fingerprint density at radius 3 is 2.75 bits per heavy atom. The van der Waals surface area contributed by atoms with Crippen molar-refractivity contribution >= 4 is 35.6 Å². The first-order valence-electron chi connectivity index (χ1n) is 9.58. The second-order valence-electron chi connectivity index (χ2n) is 6.91. The van der Waals surface area contributed by atoms with Crippen molar-refractivity contribution in [3.05, 3.63) is 94.1 Å². The van der Waals surface area contributed by atoms with Crippen LogP contribution in [0.5, 0.6) is 0 Å². The maximum atomic E-state index is 14.4. The number of thiol groups is 1. The van der Waals surface area contributed by atoms with Crippen LogP contribution >= 0.6 is 35.6 Å². The molecule has 5 rings (SSSR count). The largest absolute Gasteiger partial charge is 0.334 e. The number of hydrogen-bond donors (Lipinski definition) is 1. The van der Waals surface area contributed by atoms with E-state index in [0.717, 1.165) is 4.88 Å². The Hall–Kier alpha value is -3.01. The van der Waals surface area contributed by atoms with Gasteiger partial charge in [0.25, 0.3) is 5.89 Å². The van der Waals surface area contributed by atoms with Gasteiger partial charge in [0, 0.05) is 16.1 Å². The molecule has 3 aromatic heterocycles. The lowest BCUT2D eigenvalue weighted by Gasteiger charge is -2.12. The molecule has 1 unspecified atom stereocenters. The van der Waals surface area contributed by atoms with Crippen LogP contribution in [-0.2, 0) is 6.54 Å². The van der Waals surface area contributed by atoms with Crippen molar-refractivity contribution in [3.8, 4) is 22.2 Å². The third kappa shape index (κ3) is 4.06. The fourth-order valence-corrected chi connectivity index (χ4v) is 4.46. The fourth-order valence-electron chi connectivity index (χ4n) is 3.26.